The van der Waals surface area contributed by atoms with Crippen molar-refractivity contribution in [1.82, 2.24) is 0 Å². The highest BCUT2D eigenvalue weighted by molar-refractivity contribution is 8.03. The Morgan fingerprint density at radius 1 is 1.37 bits per heavy atom. The maximum Gasteiger partial charge on any atom is 0.104 e. The van der Waals surface area contributed by atoms with E-state index in [1.807, 2.05) is 6.08 Å². The molecule has 3 heteroatoms. The molecule has 98 valence electrons. The first-order valence-electron chi connectivity index (χ1n) is 6.38. The van der Waals surface area contributed by atoms with Gasteiger partial charge in [0.05, 0.1) is 0 Å². The average Bonchev–Trinajstić information content (AvgIpc) is 2.40. The van der Waals surface area contributed by atoms with Crippen LogP contribution in [0.15, 0.2) is 52.3 Å². The molecule has 0 saturated heterocycles. The van der Waals surface area contributed by atoms with Gasteiger partial charge in [0.15, 0.2) is 0 Å². The monoisotopic (exact) mass is 271 g/mol. The van der Waals surface area contributed by atoms with Crippen LogP contribution in [-0.2, 0) is 4.84 Å². The van der Waals surface area contributed by atoms with Crippen LogP contribution in [0.3, 0.4) is 0 Å². The molecule has 1 heterocycles. The summed E-state index contributed by atoms with van der Waals surface area (Å²) in [5, 5.41) is 0. The van der Waals surface area contributed by atoms with E-state index in [0.717, 1.165) is 5.57 Å². The summed E-state index contributed by atoms with van der Waals surface area (Å²) in [6.07, 6.45) is 4.07. The smallest absolute Gasteiger partial charge is 0.104 e. The number of nitrogens with two attached hydrogens (primary N) is 1. The molecule has 0 aromatic heterocycles. The molecule has 2 N–H and O–H groups in total. The van der Waals surface area contributed by atoms with Crippen LogP contribution >= 0.6 is 11.8 Å². The van der Waals surface area contributed by atoms with Crippen LogP contribution in [0, 0.1) is 12.8 Å². The van der Waals surface area contributed by atoms with E-state index in [4.69, 9.17) is 10.7 Å². The first-order chi connectivity index (χ1) is 9.11. The summed E-state index contributed by atoms with van der Waals surface area (Å²) in [6, 6.07) is 6.53. The Hall–Kier alpha value is -1.29. The van der Waals surface area contributed by atoms with Gasteiger partial charge in [-0.15, -0.1) is 0 Å². The van der Waals surface area contributed by atoms with Gasteiger partial charge in [0.2, 0.25) is 0 Å². The second-order valence-corrected chi connectivity index (χ2v) is 6.19. The zero-order valence-electron chi connectivity index (χ0n) is 11.1. The second-order valence-electron chi connectivity index (χ2n) is 5.11. The molecular formula is C16H17NOS. The summed E-state index contributed by atoms with van der Waals surface area (Å²) in [5.41, 5.74) is 4.87. The highest BCUT2D eigenvalue weighted by atomic mass is 32.2. The van der Waals surface area contributed by atoms with Crippen LogP contribution in [0.4, 0.5) is 0 Å². The van der Waals surface area contributed by atoms with Gasteiger partial charge in [-0.1, -0.05) is 49.0 Å². The molecule has 2 aliphatic rings. The molecule has 2 unspecified atom stereocenters. The topological polar surface area (TPSA) is 35.2 Å². The molecule has 0 spiro atoms. The third-order valence-corrected chi connectivity index (χ3v) is 4.97. The molecule has 1 aliphatic heterocycles. The number of benzene rings is 1. The standard InChI is InChI=1S/C16H17NOS/c1-9-4-6-14-12(8-9)10(2)16-11(3)13(18-17)5-7-15(16)19-14/h4-8,11,13H,2,17H2,1,3H3. The minimum absolute atomic E-state index is 0.0672. The van der Waals surface area contributed by atoms with E-state index >= 15 is 0 Å². The van der Waals surface area contributed by atoms with Crippen LogP contribution in [0.1, 0.15) is 18.1 Å². The Bertz CT molecular complexity index is 615. The van der Waals surface area contributed by atoms with Gasteiger partial charge in [-0.25, -0.2) is 5.90 Å². The van der Waals surface area contributed by atoms with E-state index in [-0.39, 0.29) is 12.0 Å². The van der Waals surface area contributed by atoms with Crippen molar-refractivity contribution in [2.45, 2.75) is 24.8 Å². The summed E-state index contributed by atoms with van der Waals surface area (Å²) in [7, 11) is 0. The van der Waals surface area contributed by atoms with Crippen LogP contribution < -0.4 is 5.90 Å². The Balaban J connectivity index is 2.09. The van der Waals surface area contributed by atoms with Gasteiger partial charge in [-0.05, 0) is 35.8 Å². The average molecular weight is 271 g/mol. The van der Waals surface area contributed by atoms with Crippen molar-refractivity contribution in [3.05, 3.63) is 58.5 Å². The van der Waals surface area contributed by atoms with Crippen molar-refractivity contribution in [2.75, 3.05) is 0 Å². The van der Waals surface area contributed by atoms with Gasteiger partial charge in [0.1, 0.15) is 6.10 Å². The summed E-state index contributed by atoms with van der Waals surface area (Å²) < 4.78 is 0. The fourth-order valence-electron chi connectivity index (χ4n) is 2.74. The van der Waals surface area contributed by atoms with Crippen molar-refractivity contribution in [1.29, 1.82) is 0 Å². The van der Waals surface area contributed by atoms with Gasteiger partial charge >= 0.3 is 0 Å². The van der Waals surface area contributed by atoms with E-state index in [1.165, 1.54) is 26.5 Å². The van der Waals surface area contributed by atoms with Crippen molar-refractivity contribution in [3.63, 3.8) is 0 Å². The first-order valence-corrected chi connectivity index (χ1v) is 7.19. The molecule has 3 rings (SSSR count). The van der Waals surface area contributed by atoms with Gasteiger partial charge in [0.25, 0.3) is 0 Å². The lowest BCUT2D eigenvalue weighted by atomic mass is 9.83. The quantitative estimate of drug-likeness (QED) is 0.788. The van der Waals surface area contributed by atoms with Gasteiger partial charge in [0, 0.05) is 15.7 Å². The maximum atomic E-state index is 5.37. The summed E-state index contributed by atoms with van der Waals surface area (Å²) in [6.45, 7) is 8.55. The number of thioether (sulfide) groups is 1. The minimum Gasteiger partial charge on any atom is -0.297 e. The Kier molecular flexibility index (Phi) is 3.13. The van der Waals surface area contributed by atoms with Gasteiger partial charge in [-0.2, -0.15) is 0 Å². The number of allylic oxidation sites excluding steroid dienone is 2. The molecule has 1 aromatic carbocycles. The lowest BCUT2D eigenvalue weighted by Crippen LogP contribution is -2.28. The molecule has 0 amide bonds. The van der Waals surface area contributed by atoms with Gasteiger partial charge < -0.3 is 0 Å². The Morgan fingerprint density at radius 2 is 2.16 bits per heavy atom. The SMILES string of the molecule is C=C1C2=C(C=CC(ON)C2C)Sc2ccc(C)cc21. The number of hydrogen-bond acceptors (Lipinski definition) is 3. The van der Waals surface area contributed by atoms with E-state index in [0.29, 0.717) is 0 Å². The normalized spacial score (nSPS) is 25.3. The van der Waals surface area contributed by atoms with E-state index in [9.17, 15) is 0 Å². The van der Waals surface area contributed by atoms with Crippen molar-refractivity contribution in [3.8, 4) is 0 Å². The summed E-state index contributed by atoms with van der Waals surface area (Å²) in [5.74, 6) is 5.60. The first kappa shape index (κ1) is 12.7. The molecule has 0 fully saturated rings. The van der Waals surface area contributed by atoms with Crippen molar-refractivity contribution < 1.29 is 4.84 Å². The minimum atomic E-state index is -0.0672. The summed E-state index contributed by atoms with van der Waals surface area (Å²) >= 11 is 1.81. The van der Waals surface area contributed by atoms with E-state index in [2.05, 4.69) is 44.7 Å². The second kappa shape index (κ2) is 4.67. The molecule has 0 saturated carbocycles. The number of hydrogen-bond donors (Lipinski definition) is 1. The molecule has 2 atom stereocenters. The highest BCUT2D eigenvalue weighted by Crippen LogP contribution is 2.49. The molecule has 1 aromatic rings. The number of fused-ring (bicyclic) bond motifs is 1. The van der Waals surface area contributed by atoms with E-state index < -0.39 is 0 Å². The maximum absolute atomic E-state index is 5.37. The lowest BCUT2D eigenvalue weighted by Gasteiger charge is -2.33. The summed E-state index contributed by atoms with van der Waals surface area (Å²) in [4.78, 5) is 7.58. The zero-order chi connectivity index (χ0) is 13.6. The molecule has 2 nitrogen and oxygen atoms in total. The zero-order valence-corrected chi connectivity index (χ0v) is 12.0. The Morgan fingerprint density at radius 3 is 2.89 bits per heavy atom. The lowest BCUT2D eigenvalue weighted by molar-refractivity contribution is 0.0602. The number of rotatable bonds is 1. The molecular weight excluding hydrogens is 254 g/mol. The van der Waals surface area contributed by atoms with Crippen molar-refractivity contribution >= 4 is 17.3 Å². The number of aryl methyl sites for hydroxylation is 1. The van der Waals surface area contributed by atoms with Crippen LogP contribution in [0.25, 0.3) is 5.57 Å². The van der Waals surface area contributed by atoms with Gasteiger partial charge in [-0.3, -0.25) is 4.84 Å². The van der Waals surface area contributed by atoms with E-state index in [1.54, 1.807) is 11.8 Å². The van der Waals surface area contributed by atoms with Crippen molar-refractivity contribution in [2.24, 2.45) is 11.8 Å². The molecule has 0 bridgehead atoms. The highest BCUT2D eigenvalue weighted by Gasteiger charge is 2.31. The third-order valence-electron chi connectivity index (χ3n) is 3.81. The molecule has 19 heavy (non-hydrogen) atoms. The predicted molar refractivity (Wildman–Crippen MR) is 80.5 cm³/mol. The predicted octanol–water partition coefficient (Wildman–Crippen LogP) is 3.83. The van der Waals surface area contributed by atoms with Crippen LogP contribution in [0.5, 0.6) is 0 Å². The third kappa shape index (κ3) is 1.98. The van der Waals surface area contributed by atoms with Crippen LogP contribution in [0.2, 0.25) is 0 Å². The fourth-order valence-corrected chi connectivity index (χ4v) is 3.97. The molecule has 0 radical (unpaired) electrons. The largest absolute Gasteiger partial charge is 0.297 e. The Labute approximate surface area is 118 Å². The van der Waals surface area contributed by atoms with Crippen LogP contribution in [-0.4, -0.2) is 6.10 Å². The fraction of sp³-hybridized carbons (Fsp3) is 0.250. The molecule has 1 aliphatic carbocycles.